The van der Waals surface area contributed by atoms with E-state index in [4.69, 9.17) is 0 Å². The smallest absolute Gasteiger partial charge is 0.229 e. The molecule has 2 rings (SSSR count). The molecule has 0 aliphatic heterocycles. The van der Waals surface area contributed by atoms with Crippen LogP contribution in [0.1, 0.15) is 12.5 Å². The fraction of sp³-hybridized carbons (Fsp3) is 0.0769. The first-order chi connectivity index (χ1) is 9.18. The van der Waals surface area contributed by atoms with Crippen molar-refractivity contribution >= 4 is 28.0 Å². The molecule has 0 bridgehead atoms. The first-order valence-corrected chi connectivity index (χ1v) is 6.37. The molecule has 19 heavy (non-hydrogen) atoms. The van der Waals surface area contributed by atoms with Gasteiger partial charge in [0.2, 0.25) is 5.13 Å². The van der Waals surface area contributed by atoms with E-state index in [2.05, 4.69) is 15.2 Å². The predicted octanol–water partition coefficient (Wildman–Crippen LogP) is 3.74. The molecule has 1 N–H and O–H groups in total. The highest BCUT2D eigenvalue weighted by Gasteiger charge is 2.12. The number of carbonyl (C=O) groups is 1. The summed E-state index contributed by atoms with van der Waals surface area (Å²) in [5.41, 5.74) is 0.437. The van der Waals surface area contributed by atoms with Crippen LogP contribution in [0, 0.1) is 0 Å². The number of benzene rings is 1. The van der Waals surface area contributed by atoms with Crippen LogP contribution in [-0.4, -0.2) is 15.9 Å². The molecule has 96 valence electrons. The molecule has 0 saturated heterocycles. The molecule has 0 saturated carbocycles. The fourth-order valence-corrected chi connectivity index (χ4v) is 1.83. The summed E-state index contributed by atoms with van der Waals surface area (Å²) in [5, 5.41) is 19.9. The van der Waals surface area contributed by atoms with E-state index in [1.54, 1.807) is 35.8 Å². The Morgan fingerprint density at radius 3 is 2.63 bits per heavy atom. The van der Waals surface area contributed by atoms with E-state index < -0.39 is 0 Å². The molecule has 0 atom stereocenters. The third-order valence-electron chi connectivity index (χ3n) is 2.26. The second-order valence-corrected chi connectivity index (χ2v) is 4.51. The second-order valence-electron chi connectivity index (χ2n) is 3.63. The van der Waals surface area contributed by atoms with Crippen LogP contribution in [0.4, 0.5) is 5.13 Å². The molecule has 5 nitrogen and oxygen atoms in total. The van der Waals surface area contributed by atoms with Crippen LogP contribution in [-0.2, 0) is 4.79 Å². The molecule has 0 radical (unpaired) electrons. The average Bonchev–Trinajstić information content (AvgIpc) is 2.92. The van der Waals surface area contributed by atoms with E-state index in [9.17, 15) is 9.90 Å². The SMILES string of the molecule is CC(=O)C(N=Nc1nccs1)=C(O)c1ccccc1. The van der Waals surface area contributed by atoms with Crippen molar-refractivity contribution in [3.63, 3.8) is 0 Å². The number of allylic oxidation sites excluding steroid dienone is 1. The molecule has 0 aliphatic rings. The Kier molecular flexibility index (Phi) is 4.15. The Hall–Kier alpha value is -2.34. The molecule has 6 heteroatoms. The van der Waals surface area contributed by atoms with Crippen molar-refractivity contribution in [1.82, 2.24) is 4.98 Å². The number of azo groups is 1. The summed E-state index contributed by atoms with van der Waals surface area (Å²) in [5.74, 6) is -0.546. The van der Waals surface area contributed by atoms with Gasteiger partial charge in [0.15, 0.2) is 17.2 Å². The van der Waals surface area contributed by atoms with E-state index in [0.717, 1.165) is 0 Å². The topological polar surface area (TPSA) is 74.9 Å². The number of nitrogens with zero attached hydrogens (tertiary/aromatic N) is 3. The van der Waals surface area contributed by atoms with Crippen molar-refractivity contribution < 1.29 is 9.90 Å². The van der Waals surface area contributed by atoms with Crippen LogP contribution in [0.2, 0.25) is 0 Å². The summed E-state index contributed by atoms with van der Waals surface area (Å²) in [6.07, 6.45) is 1.59. The third-order valence-corrected chi connectivity index (χ3v) is 2.92. The number of aromatic nitrogens is 1. The number of hydrogen-bond donors (Lipinski definition) is 1. The Bertz CT molecular complexity index is 619. The molecular formula is C13H11N3O2S. The summed E-state index contributed by atoms with van der Waals surface area (Å²) in [6, 6.07) is 8.73. The molecule has 0 unspecified atom stereocenters. The highest BCUT2D eigenvalue weighted by Crippen LogP contribution is 2.21. The third kappa shape index (κ3) is 3.32. The number of aliphatic hydroxyl groups is 1. The highest BCUT2D eigenvalue weighted by atomic mass is 32.1. The largest absolute Gasteiger partial charge is 0.505 e. The van der Waals surface area contributed by atoms with Crippen molar-refractivity contribution in [2.75, 3.05) is 0 Å². The zero-order valence-electron chi connectivity index (χ0n) is 10.1. The normalized spacial score (nSPS) is 12.5. The predicted molar refractivity (Wildman–Crippen MR) is 73.3 cm³/mol. The fourth-order valence-electron chi connectivity index (χ4n) is 1.38. The van der Waals surface area contributed by atoms with Crippen LogP contribution in [0.15, 0.2) is 57.8 Å². The van der Waals surface area contributed by atoms with Crippen molar-refractivity contribution in [2.24, 2.45) is 10.2 Å². The molecule has 1 heterocycles. The Labute approximate surface area is 114 Å². The van der Waals surface area contributed by atoms with E-state index in [1.165, 1.54) is 18.3 Å². The maximum atomic E-state index is 11.5. The minimum absolute atomic E-state index is 0.0820. The van der Waals surface area contributed by atoms with Gasteiger partial charge in [-0.3, -0.25) is 4.79 Å². The number of hydrogen-bond acceptors (Lipinski definition) is 6. The Morgan fingerprint density at radius 2 is 2.05 bits per heavy atom. The number of ketones is 1. The molecule has 0 spiro atoms. The summed E-state index contributed by atoms with van der Waals surface area (Å²) in [6.45, 7) is 1.33. The molecule has 1 aromatic heterocycles. The van der Waals surface area contributed by atoms with Gasteiger partial charge in [-0.2, -0.15) is 0 Å². The molecule has 1 aromatic carbocycles. The maximum Gasteiger partial charge on any atom is 0.229 e. The Morgan fingerprint density at radius 1 is 1.32 bits per heavy atom. The minimum atomic E-state index is -0.360. The summed E-state index contributed by atoms with van der Waals surface area (Å²) < 4.78 is 0. The van der Waals surface area contributed by atoms with E-state index in [-0.39, 0.29) is 17.2 Å². The van der Waals surface area contributed by atoms with Crippen LogP contribution in [0.25, 0.3) is 5.76 Å². The highest BCUT2D eigenvalue weighted by molar-refractivity contribution is 7.13. The van der Waals surface area contributed by atoms with Gasteiger partial charge in [-0.25, -0.2) is 4.98 Å². The second kappa shape index (κ2) is 6.01. The van der Waals surface area contributed by atoms with Crippen molar-refractivity contribution in [3.8, 4) is 0 Å². The van der Waals surface area contributed by atoms with E-state index in [1.807, 2.05) is 6.07 Å². The average molecular weight is 273 g/mol. The lowest BCUT2D eigenvalue weighted by atomic mass is 10.1. The van der Waals surface area contributed by atoms with Gasteiger partial charge in [-0.1, -0.05) is 30.3 Å². The van der Waals surface area contributed by atoms with E-state index >= 15 is 0 Å². The standard InChI is InChI=1S/C13H11N3O2S/c1-9(17)11(15-16-13-14-7-8-19-13)12(18)10-5-3-2-4-6-10/h2-8,18H,1H3. The van der Waals surface area contributed by atoms with Crippen LogP contribution >= 0.6 is 11.3 Å². The zero-order valence-corrected chi connectivity index (χ0v) is 11.0. The van der Waals surface area contributed by atoms with Crippen LogP contribution in [0.3, 0.4) is 0 Å². The Balaban J connectivity index is 2.37. The van der Waals surface area contributed by atoms with Gasteiger partial charge in [0.1, 0.15) is 0 Å². The van der Waals surface area contributed by atoms with Crippen LogP contribution < -0.4 is 0 Å². The van der Waals surface area contributed by atoms with Gasteiger partial charge >= 0.3 is 0 Å². The number of Topliss-reactive ketones (excluding diaryl/α,β-unsaturated/α-hetero) is 1. The molecule has 0 amide bonds. The van der Waals surface area contributed by atoms with Crippen molar-refractivity contribution in [1.29, 1.82) is 0 Å². The van der Waals surface area contributed by atoms with Gasteiger partial charge in [0.05, 0.1) is 0 Å². The number of carbonyl (C=O) groups excluding carboxylic acids is 1. The zero-order chi connectivity index (χ0) is 13.7. The quantitative estimate of drug-likeness (QED) is 0.523. The number of rotatable bonds is 4. The lowest BCUT2D eigenvalue weighted by molar-refractivity contribution is -0.113. The first kappa shape index (κ1) is 13.1. The molecule has 0 aliphatic carbocycles. The lowest BCUT2D eigenvalue weighted by Gasteiger charge is -2.02. The monoisotopic (exact) mass is 273 g/mol. The minimum Gasteiger partial charge on any atom is -0.505 e. The van der Waals surface area contributed by atoms with Gasteiger partial charge in [0, 0.05) is 24.1 Å². The van der Waals surface area contributed by atoms with Gasteiger partial charge < -0.3 is 5.11 Å². The first-order valence-electron chi connectivity index (χ1n) is 5.49. The van der Waals surface area contributed by atoms with Gasteiger partial charge in [-0.15, -0.1) is 21.6 Å². The molecule has 0 fully saturated rings. The summed E-state index contributed by atoms with van der Waals surface area (Å²) in [4.78, 5) is 15.5. The number of thiazole rings is 1. The van der Waals surface area contributed by atoms with Gasteiger partial charge in [0.25, 0.3) is 0 Å². The lowest BCUT2D eigenvalue weighted by Crippen LogP contribution is -1.98. The summed E-state index contributed by atoms with van der Waals surface area (Å²) >= 11 is 1.30. The van der Waals surface area contributed by atoms with Crippen molar-refractivity contribution in [3.05, 3.63) is 53.2 Å². The van der Waals surface area contributed by atoms with Gasteiger partial charge in [-0.05, 0) is 0 Å². The van der Waals surface area contributed by atoms with Crippen LogP contribution in [0.5, 0.6) is 0 Å². The number of aliphatic hydroxyl groups excluding tert-OH is 1. The maximum absolute atomic E-state index is 11.5. The molecular weight excluding hydrogens is 262 g/mol. The van der Waals surface area contributed by atoms with E-state index in [0.29, 0.717) is 10.7 Å². The summed E-state index contributed by atoms with van der Waals surface area (Å²) in [7, 11) is 0. The molecule has 2 aromatic rings. The van der Waals surface area contributed by atoms with Crippen molar-refractivity contribution in [2.45, 2.75) is 6.92 Å².